The second-order valence-corrected chi connectivity index (χ2v) is 8.01. The number of nitrogens with one attached hydrogen (secondary N) is 2. The third-order valence-electron chi connectivity index (χ3n) is 4.33. The lowest BCUT2D eigenvalue weighted by molar-refractivity contribution is -0.123. The van der Waals surface area contributed by atoms with E-state index in [1.165, 1.54) is 5.39 Å². The van der Waals surface area contributed by atoms with Crippen LogP contribution in [0.3, 0.4) is 0 Å². The first-order chi connectivity index (χ1) is 13.2. The third-order valence-corrected chi connectivity index (χ3v) is 4.33. The van der Waals surface area contributed by atoms with Crippen LogP contribution in [-0.2, 0) is 9.53 Å². The van der Waals surface area contributed by atoms with Crippen LogP contribution in [0.25, 0.3) is 10.8 Å². The Labute approximate surface area is 166 Å². The molecular formula is C22H31N3O3. The molecule has 0 spiro atoms. The number of hydrogen-bond acceptors (Lipinski definition) is 4. The van der Waals surface area contributed by atoms with E-state index in [2.05, 4.69) is 34.9 Å². The maximum atomic E-state index is 12.4. The fourth-order valence-corrected chi connectivity index (χ4v) is 2.84. The Kier molecular flexibility index (Phi) is 7.40. The summed E-state index contributed by atoms with van der Waals surface area (Å²) in [5.74, 6) is -0.196. The van der Waals surface area contributed by atoms with E-state index in [1.54, 1.807) is 0 Å². The molecule has 2 aromatic carbocycles. The zero-order chi connectivity index (χ0) is 20.7. The molecule has 0 saturated carbocycles. The van der Waals surface area contributed by atoms with Crippen LogP contribution in [0.15, 0.2) is 42.5 Å². The summed E-state index contributed by atoms with van der Waals surface area (Å²) in [6.45, 7) is 7.78. The van der Waals surface area contributed by atoms with Crippen LogP contribution in [0.2, 0.25) is 0 Å². The number of nitrogens with two attached hydrogens (primary N) is 1. The summed E-state index contributed by atoms with van der Waals surface area (Å²) >= 11 is 0. The Morgan fingerprint density at radius 2 is 1.79 bits per heavy atom. The van der Waals surface area contributed by atoms with Gasteiger partial charge in [0.15, 0.2) is 0 Å². The molecule has 2 rings (SSSR count). The van der Waals surface area contributed by atoms with Crippen LogP contribution < -0.4 is 16.4 Å². The van der Waals surface area contributed by atoms with Gasteiger partial charge < -0.3 is 21.1 Å². The van der Waals surface area contributed by atoms with Crippen molar-refractivity contribution >= 4 is 22.8 Å². The van der Waals surface area contributed by atoms with Gasteiger partial charge >= 0.3 is 6.09 Å². The molecule has 2 atom stereocenters. The van der Waals surface area contributed by atoms with Crippen LogP contribution in [0.5, 0.6) is 0 Å². The molecule has 0 fully saturated rings. The maximum Gasteiger partial charge on any atom is 0.407 e. The Hall–Kier alpha value is -2.60. The van der Waals surface area contributed by atoms with Gasteiger partial charge in [-0.05, 0) is 62.9 Å². The van der Waals surface area contributed by atoms with Crippen molar-refractivity contribution in [3.8, 4) is 0 Å². The monoisotopic (exact) mass is 385 g/mol. The number of fused-ring (bicyclic) bond motifs is 1. The lowest BCUT2D eigenvalue weighted by Crippen LogP contribution is -2.42. The highest BCUT2D eigenvalue weighted by molar-refractivity contribution is 5.84. The molecule has 0 bridgehead atoms. The number of carbonyl (C=O) groups is 2. The van der Waals surface area contributed by atoms with Gasteiger partial charge in [-0.25, -0.2) is 4.79 Å². The molecule has 0 aliphatic carbocycles. The Morgan fingerprint density at radius 3 is 2.46 bits per heavy atom. The number of benzene rings is 2. The highest BCUT2D eigenvalue weighted by Gasteiger charge is 2.18. The van der Waals surface area contributed by atoms with E-state index in [-0.39, 0.29) is 11.9 Å². The standard InChI is InChI=1S/C22H31N3O3/c1-15(17-12-11-16-8-5-6-9-18(16)14-17)25-20(26)19(23)10-7-13-24-21(27)28-22(2,3)4/h5-6,8-9,11-12,14-15,19H,7,10,13,23H2,1-4H3,(H,24,27)(H,25,26)/t15-,19+/m1/s1. The van der Waals surface area contributed by atoms with Crippen LogP contribution >= 0.6 is 0 Å². The molecule has 4 N–H and O–H groups in total. The summed E-state index contributed by atoms with van der Waals surface area (Å²) < 4.78 is 5.16. The molecule has 2 aromatic rings. The first kappa shape index (κ1) is 21.7. The summed E-state index contributed by atoms with van der Waals surface area (Å²) in [5.41, 5.74) is 6.50. The molecule has 0 unspecified atom stereocenters. The molecule has 0 aliphatic rings. The maximum absolute atomic E-state index is 12.4. The quantitative estimate of drug-likeness (QED) is 0.634. The van der Waals surface area contributed by atoms with Crippen molar-refractivity contribution < 1.29 is 14.3 Å². The average molecular weight is 386 g/mol. The SMILES string of the molecule is C[C@@H](NC(=O)[C@@H](N)CCCNC(=O)OC(C)(C)C)c1ccc2ccccc2c1. The second kappa shape index (κ2) is 9.55. The molecule has 6 nitrogen and oxygen atoms in total. The smallest absolute Gasteiger partial charge is 0.407 e. The lowest BCUT2D eigenvalue weighted by Gasteiger charge is -2.20. The summed E-state index contributed by atoms with van der Waals surface area (Å²) in [7, 11) is 0. The van der Waals surface area contributed by atoms with Gasteiger partial charge in [-0.2, -0.15) is 0 Å². The van der Waals surface area contributed by atoms with E-state index in [4.69, 9.17) is 10.5 Å². The summed E-state index contributed by atoms with van der Waals surface area (Å²) in [6.07, 6.45) is 0.611. The first-order valence-corrected chi connectivity index (χ1v) is 9.67. The fraction of sp³-hybridized carbons (Fsp3) is 0.455. The zero-order valence-electron chi connectivity index (χ0n) is 17.1. The van der Waals surface area contributed by atoms with Gasteiger partial charge in [-0.15, -0.1) is 0 Å². The van der Waals surface area contributed by atoms with Crippen LogP contribution in [0, 0.1) is 0 Å². The van der Waals surface area contributed by atoms with Crippen molar-refractivity contribution in [2.75, 3.05) is 6.54 Å². The van der Waals surface area contributed by atoms with Crippen LogP contribution in [0.4, 0.5) is 4.79 Å². The molecule has 0 saturated heterocycles. The van der Waals surface area contributed by atoms with Gasteiger partial charge in [-0.3, -0.25) is 4.79 Å². The minimum absolute atomic E-state index is 0.136. The number of hydrogen-bond donors (Lipinski definition) is 3. The lowest BCUT2D eigenvalue weighted by atomic mass is 10.0. The van der Waals surface area contributed by atoms with Crippen molar-refractivity contribution in [3.05, 3.63) is 48.0 Å². The average Bonchev–Trinajstić information content (AvgIpc) is 2.63. The molecule has 2 amide bonds. The summed E-state index contributed by atoms with van der Waals surface area (Å²) in [4.78, 5) is 23.9. The number of amides is 2. The van der Waals surface area contributed by atoms with Crippen LogP contribution in [0.1, 0.15) is 52.1 Å². The molecule has 152 valence electrons. The summed E-state index contributed by atoms with van der Waals surface area (Å²) in [6, 6.07) is 13.5. The van der Waals surface area contributed by atoms with Crippen molar-refractivity contribution in [1.82, 2.24) is 10.6 Å². The van der Waals surface area contributed by atoms with E-state index in [0.29, 0.717) is 19.4 Å². The largest absolute Gasteiger partial charge is 0.444 e. The molecule has 0 radical (unpaired) electrons. The predicted molar refractivity (Wildman–Crippen MR) is 112 cm³/mol. The first-order valence-electron chi connectivity index (χ1n) is 9.67. The van der Waals surface area contributed by atoms with Gasteiger partial charge in [0.25, 0.3) is 0 Å². The van der Waals surface area contributed by atoms with Gasteiger partial charge in [-0.1, -0.05) is 36.4 Å². The minimum Gasteiger partial charge on any atom is -0.444 e. The fourth-order valence-electron chi connectivity index (χ4n) is 2.84. The third kappa shape index (κ3) is 6.85. The Balaban J connectivity index is 1.77. The molecule has 6 heteroatoms. The van der Waals surface area contributed by atoms with Crippen molar-refractivity contribution in [1.29, 1.82) is 0 Å². The molecule has 28 heavy (non-hydrogen) atoms. The van der Waals surface area contributed by atoms with Crippen molar-refractivity contribution in [2.24, 2.45) is 5.73 Å². The van der Waals surface area contributed by atoms with Crippen LogP contribution in [-0.4, -0.2) is 30.2 Å². The normalized spacial score (nSPS) is 13.6. The number of alkyl carbamates (subject to hydrolysis) is 1. The van der Waals surface area contributed by atoms with E-state index < -0.39 is 17.7 Å². The topological polar surface area (TPSA) is 93.5 Å². The van der Waals surface area contributed by atoms with Crippen molar-refractivity contribution in [3.63, 3.8) is 0 Å². The van der Waals surface area contributed by atoms with Gasteiger partial charge in [0.2, 0.25) is 5.91 Å². The Bertz CT molecular complexity index is 814. The second-order valence-electron chi connectivity index (χ2n) is 8.01. The van der Waals surface area contributed by atoms with Gasteiger partial charge in [0.05, 0.1) is 12.1 Å². The highest BCUT2D eigenvalue weighted by Crippen LogP contribution is 2.20. The van der Waals surface area contributed by atoms with E-state index >= 15 is 0 Å². The van der Waals surface area contributed by atoms with Crippen molar-refractivity contribution in [2.45, 2.75) is 58.2 Å². The number of rotatable bonds is 7. The Morgan fingerprint density at radius 1 is 1.11 bits per heavy atom. The van der Waals surface area contributed by atoms with E-state index in [0.717, 1.165) is 10.9 Å². The number of ether oxygens (including phenoxy) is 1. The molecule has 0 aromatic heterocycles. The predicted octanol–water partition coefficient (Wildman–Crippen LogP) is 3.65. The van der Waals surface area contributed by atoms with E-state index in [9.17, 15) is 9.59 Å². The number of carbonyl (C=O) groups excluding carboxylic acids is 2. The molecule has 0 heterocycles. The van der Waals surface area contributed by atoms with E-state index in [1.807, 2.05) is 45.9 Å². The molecule has 0 aliphatic heterocycles. The zero-order valence-corrected chi connectivity index (χ0v) is 17.1. The summed E-state index contributed by atoms with van der Waals surface area (Å²) in [5, 5.41) is 7.94. The molecular weight excluding hydrogens is 354 g/mol. The van der Waals surface area contributed by atoms with Gasteiger partial charge in [0, 0.05) is 6.54 Å². The minimum atomic E-state index is -0.622. The highest BCUT2D eigenvalue weighted by atomic mass is 16.6. The van der Waals surface area contributed by atoms with Gasteiger partial charge in [0.1, 0.15) is 5.60 Å².